The highest BCUT2D eigenvalue weighted by Crippen LogP contribution is 2.12. The Morgan fingerprint density at radius 3 is 2.76 bits per heavy atom. The fourth-order valence-electron chi connectivity index (χ4n) is 1.15. The number of hydrogen-bond donors (Lipinski definition) is 0. The number of rotatable bonds is 5. The summed E-state index contributed by atoms with van der Waals surface area (Å²) in [6.45, 7) is 0.0733. The summed E-state index contributed by atoms with van der Waals surface area (Å²) in [7, 11) is -0.910. The van der Waals surface area contributed by atoms with Gasteiger partial charge in [0.25, 0.3) is 0 Å². The van der Waals surface area contributed by atoms with Gasteiger partial charge in [-0.1, -0.05) is 0 Å². The quantitative estimate of drug-likeness (QED) is 0.708. The van der Waals surface area contributed by atoms with Gasteiger partial charge in [-0.2, -0.15) is 0 Å². The molecule has 0 N–H and O–H groups in total. The Hall–Kier alpha value is -1.47. The number of sulfonamides is 1. The molecule has 1 aromatic heterocycles. The van der Waals surface area contributed by atoms with E-state index in [4.69, 9.17) is 0 Å². The number of hydrogen-bond acceptors (Lipinski definition) is 5. The van der Waals surface area contributed by atoms with Crippen LogP contribution in [0.3, 0.4) is 0 Å². The number of carbonyl (C=O) groups excluding carboxylic acids is 1. The molecule has 0 aliphatic carbocycles. The van der Waals surface area contributed by atoms with Crippen molar-refractivity contribution in [2.24, 2.45) is 0 Å². The van der Waals surface area contributed by atoms with Crippen LogP contribution in [-0.2, 0) is 19.6 Å². The number of carbonyl (C=O) groups is 1. The maximum Gasteiger partial charge on any atom is 0.306 e. The molecule has 0 atom stereocenters. The van der Waals surface area contributed by atoms with Crippen LogP contribution in [0.15, 0.2) is 29.4 Å². The molecule has 0 bridgehead atoms. The summed E-state index contributed by atoms with van der Waals surface area (Å²) in [6, 6.07) is 3.00. The molecule has 0 radical (unpaired) electrons. The molecule has 1 aromatic rings. The van der Waals surface area contributed by atoms with Crippen LogP contribution in [-0.4, -0.2) is 44.4 Å². The van der Waals surface area contributed by atoms with Crippen molar-refractivity contribution in [3.05, 3.63) is 24.5 Å². The normalized spacial score (nSPS) is 11.5. The van der Waals surface area contributed by atoms with Crippen LogP contribution in [0.2, 0.25) is 0 Å². The lowest BCUT2D eigenvalue weighted by Crippen LogP contribution is -2.29. The summed E-state index contributed by atoms with van der Waals surface area (Å²) in [4.78, 5) is 14.8. The van der Waals surface area contributed by atoms with Gasteiger partial charge < -0.3 is 4.74 Å². The van der Waals surface area contributed by atoms with Gasteiger partial charge in [0.1, 0.15) is 4.90 Å². The third-order valence-corrected chi connectivity index (χ3v) is 4.04. The summed E-state index contributed by atoms with van der Waals surface area (Å²) in [5, 5.41) is 0. The number of nitrogens with zero attached hydrogens (tertiary/aromatic N) is 2. The van der Waals surface area contributed by atoms with Crippen LogP contribution in [0.1, 0.15) is 6.42 Å². The van der Waals surface area contributed by atoms with E-state index < -0.39 is 16.0 Å². The molecule has 0 amide bonds. The van der Waals surface area contributed by atoms with E-state index in [9.17, 15) is 13.2 Å². The topological polar surface area (TPSA) is 76.6 Å². The molecule has 0 saturated heterocycles. The van der Waals surface area contributed by atoms with Crippen LogP contribution in [0.25, 0.3) is 0 Å². The van der Waals surface area contributed by atoms with Crippen molar-refractivity contribution in [2.45, 2.75) is 11.3 Å². The number of methoxy groups -OCH3 is 1. The second-order valence-electron chi connectivity index (χ2n) is 3.34. The van der Waals surface area contributed by atoms with E-state index in [0.717, 1.165) is 4.31 Å². The van der Waals surface area contributed by atoms with Gasteiger partial charge in [-0.25, -0.2) is 12.7 Å². The highest BCUT2D eigenvalue weighted by atomic mass is 32.2. The second kappa shape index (κ2) is 5.74. The summed E-state index contributed by atoms with van der Waals surface area (Å²) >= 11 is 0. The smallest absolute Gasteiger partial charge is 0.306 e. The van der Waals surface area contributed by atoms with Gasteiger partial charge in [0.05, 0.1) is 13.5 Å². The van der Waals surface area contributed by atoms with Crippen molar-refractivity contribution in [1.29, 1.82) is 0 Å². The number of aromatic nitrogens is 1. The van der Waals surface area contributed by atoms with Crippen molar-refractivity contribution >= 4 is 16.0 Å². The van der Waals surface area contributed by atoms with Crippen molar-refractivity contribution in [3.8, 4) is 0 Å². The van der Waals surface area contributed by atoms with Gasteiger partial charge in [-0.05, 0) is 12.1 Å². The molecule has 0 aliphatic heterocycles. The van der Waals surface area contributed by atoms with E-state index in [1.807, 2.05) is 0 Å². The Kier molecular flexibility index (Phi) is 4.59. The van der Waals surface area contributed by atoms with E-state index in [1.54, 1.807) is 6.07 Å². The highest BCUT2D eigenvalue weighted by Gasteiger charge is 2.21. The molecule has 0 fully saturated rings. The van der Waals surface area contributed by atoms with Crippen molar-refractivity contribution < 1.29 is 17.9 Å². The molecule has 94 valence electrons. The molecular weight excluding hydrogens is 244 g/mol. The predicted molar refractivity (Wildman–Crippen MR) is 60.7 cm³/mol. The Morgan fingerprint density at radius 2 is 2.24 bits per heavy atom. The van der Waals surface area contributed by atoms with E-state index >= 15 is 0 Å². The van der Waals surface area contributed by atoms with Crippen LogP contribution < -0.4 is 0 Å². The molecule has 0 unspecified atom stereocenters. The standard InChI is InChI=1S/C10H14N2O4S/c1-12(7-5-10(13)16-2)17(14,15)9-4-3-6-11-8-9/h3-4,6,8H,5,7H2,1-2H3. The fraction of sp³-hybridized carbons (Fsp3) is 0.400. The average molecular weight is 258 g/mol. The third-order valence-electron chi connectivity index (χ3n) is 2.20. The maximum atomic E-state index is 12.0. The first kappa shape index (κ1) is 13.6. The molecule has 0 aliphatic rings. The molecule has 1 rings (SSSR count). The molecule has 0 aromatic carbocycles. The number of ether oxygens (including phenoxy) is 1. The maximum absolute atomic E-state index is 12.0. The lowest BCUT2D eigenvalue weighted by molar-refractivity contribution is -0.140. The third kappa shape index (κ3) is 3.50. The lowest BCUT2D eigenvalue weighted by atomic mass is 10.4. The molecule has 1 heterocycles. The monoisotopic (exact) mass is 258 g/mol. The first-order chi connectivity index (χ1) is 7.98. The largest absolute Gasteiger partial charge is 0.469 e. The SMILES string of the molecule is COC(=O)CCN(C)S(=O)(=O)c1cccnc1. The molecular formula is C10H14N2O4S. The van der Waals surface area contributed by atoms with E-state index in [-0.39, 0.29) is 17.9 Å². The Labute approximate surface area is 100 Å². The summed E-state index contributed by atoms with van der Waals surface area (Å²) in [6.07, 6.45) is 2.78. The average Bonchev–Trinajstić information content (AvgIpc) is 2.36. The zero-order chi connectivity index (χ0) is 12.9. The lowest BCUT2D eigenvalue weighted by Gasteiger charge is -2.15. The molecule has 6 nitrogen and oxygen atoms in total. The number of esters is 1. The minimum atomic E-state index is -3.58. The van der Waals surface area contributed by atoms with Crippen LogP contribution in [0.4, 0.5) is 0 Å². The molecule has 7 heteroatoms. The summed E-state index contributed by atoms with van der Waals surface area (Å²) in [5.74, 6) is -0.446. The minimum absolute atomic E-state index is 0.0203. The zero-order valence-electron chi connectivity index (χ0n) is 9.66. The first-order valence-corrected chi connectivity index (χ1v) is 6.35. The van der Waals surface area contributed by atoms with Gasteiger partial charge >= 0.3 is 5.97 Å². The van der Waals surface area contributed by atoms with Gasteiger partial charge in [0.2, 0.25) is 10.0 Å². The van der Waals surface area contributed by atoms with Crippen LogP contribution in [0, 0.1) is 0 Å². The van der Waals surface area contributed by atoms with E-state index in [0.29, 0.717) is 0 Å². The van der Waals surface area contributed by atoms with Crippen LogP contribution in [0.5, 0.6) is 0 Å². The van der Waals surface area contributed by atoms with Gasteiger partial charge in [-0.3, -0.25) is 9.78 Å². The second-order valence-corrected chi connectivity index (χ2v) is 5.39. The van der Waals surface area contributed by atoms with Crippen molar-refractivity contribution in [1.82, 2.24) is 9.29 Å². The Morgan fingerprint density at radius 1 is 1.53 bits per heavy atom. The molecule has 0 spiro atoms. The van der Waals surface area contributed by atoms with Crippen LogP contribution >= 0.6 is 0 Å². The van der Waals surface area contributed by atoms with E-state index in [1.165, 1.54) is 32.6 Å². The van der Waals surface area contributed by atoms with Crippen molar-refractivity contribution in [3.63, 3.8) is 0 Å². The highest BCUT2D eigenvalue weighted by molar-refractivity contribution is 7.89. The van der Waals surface area contributed by atoms with E-state index in [2.05, 4.69) is 9.72 Å². The summed E-state index contributed by atoms with van der Waals surface area (Å²) < 4.78 is 29.5. The first-order valence-electron chi connectivity index (χ1n) is 4.91. The molecule has 17 heavy (non-hydrogen) atoms. The van der Waals surface area contributed by atoms with Gasteiger partial charge in [0, 0.05) is 26.0 Å². The zero-order valence-corrected chi connectivity index (χ0v) is 10.5. The Bertz CT molecular complexity index is 472. The van der Waals surface area contributed by atoms with Crippen molar-refractivity contribution in [2.75, 3.05) is 20.7 Å². The van der Waals surface area contributed by atoms with Gasteiger partial charge in [-0.15, -0.1) is 0 Å². The fourth-order valence-corrected chi connectivity index (χ4v) is 2.29. The Balaban J connectivity index is 2.75. The molecule has 0 saturated carbocycles. The number of pyridine rings is 1. The van der Waals surface area contributed by atoms with Gasteiger partial charge in [0.15, 0.2) is 0 Å². The minimum Gasteiger partial charge on any atom is -0.469 e. The predicted octanol–water partition coefficient (Wildman–Crippen LogP) is 0.265. The summed E-state index contributed by atoms with van der Waals surface area (Å²) in [5.41, 5.74) is 0.